The Morgan fingerprint density at radius 3 is 2.43 bits per heavy atom. The molecule has 2 heterocycles. The monoisotopic (exact) mass is 529 g/mol. The molecule has 0 spiro atoms. The van der Waals surface area contributed by atoms with Crippen molar-refractivity contribution in [3.8, 4) is 5.75 Å². The van der Waals surface area contributed by atoms with Crippen LogP contribution in [0.3, 0.4) is 0 Å². The zero-order chi connectivity index (χ0) is 20.9. The van der Waals surface area contributed by atoms with E-state index in [4.69, 9.17) is 9.15 Å². The first kappa shape index (κ1) is 20.4. The summed E-state index contributed by atoms with van der Waals surface area (Å²) in [6.45, 7) is 0.849. The topological polar surface area (TPSA) is 69.3 Å². The van der Waals surface area contributed by atoms with Crippen LogP contribution >= 0.6 is 31.9 Å². The molecular formula is C22H17Br2N3O3. The van der Waals surface area contributed by atoms with Gasteiger partial charge in [0.1, 0.15) is 18.1 Å². The molecule has 152 valence electrons. The molecule has 8 heteroatoms. The standard InChI is InChI=1S/C22H17Br2N3O3/c23-16-3-1-15(2-4-16)12-27-13-18(11-25-27)26-22(28)21-10-9-20(30-21)14-29-19-7-5-17(24)6-8-19/h1-11,13H,12,14H2,(H,26,28). The van der Waals surface area contributed by atoms with Crippen molar-refractivity contribution < 1.29 is 13.9 Å². The number of benzene rings is 2. The molecule has 0 radical (unpaired) electrons. The van der Waals surface area contributed by atoms with Gasteiger partial charge in [-0.25, -0.2) is 0 Å². The molecule has 2 aromatic carbocycles. The average molecular weight is 531 g/mol. The summed E-state index contributed by atoms with van der Waals surface area (Å²) in [7, 11) is 0. The molecule has 0 saturated heterocycles. The van der Waals surface area contributed by atoms with Gasteiger partial charge < -0.3 is 14.5 Å². The number of hydrogen-bond donors (Lipinski definition) is 1. The van der Waals surface area contributed by atoms with Gasteiger partial charge in [0.05, 0.1) is 18.4 Å². The van der Waals surface area contributed by atoms with Gasteiger partial charge in [0, 0.05) is 15.1 Å². The van der Waals surface area contributed by atoms with E-state index in [-0.39, 0.29) is 18.3 Å². The second-order valence-corrected chi connectivity index (χ2v) is 8.35. The van der Waals surface area contributed by atoms with E-state index >= 15 is 0 Å². The van der Waals surface area contributed by atoms with Gasteiger partial charge >= 0.3 is 0 Å². The van der Waals surface area contributed by atoms with Crippen molar-refractivity contribution in [1.82, 2.24) is 9.78 Å². The van der Waals surface area contributed by atoms with Crippen molar-refractivity contribution in [1.29, 1.82) is 0 Å². The lowest BCUT2D eigenvalue weighted by molar-refractivity contribution is 0.0992. The number of nitrogens with zero attached hydrogens (tertiary/aromatic N) is 2. The third-order valence-electron chi connectivity index (χ3n) is 4.23. The predicted molar refractivity (Wildman–Crippen MR) is 121 cm³/mol. The smallest absolute Gasteiger partial charge is 0.291 e. The molecule has 4 rings (SSSR count). The van der Waals surface area contributed by atoms with Crippen molar-refractivity contribution >= 4 is 43.5 Å². The number of nitrogens with one attached hydrogen (secondary N) is 1. The first-order valence-electron chi connectivity index (χ1n) is 9.10. The van der Waals surface area contributed by atoms with Gasteiger partial charge in [0.15, 0.2) is 5.76 Å². The summed E-state index contributed by atoms with van der Waals surface area (Å²) in [5, 5.41) is 7.09. The Kier molecular flexibility index (Phi) is 6.35. The number of rotatable bonds is 7. The lowest BCUT2D eigenvalue weighted by Crippen LogP contribution is -2.10. The quantitative estimate of drug-likeness (QED) is 0.324. The van der Waals surface area contributed by atoms with Crippen LogP contribution in [0.2, 0.25) is 0 Å². The largest absolute Gasteiger partial charge is 0.486 e. The predicted octanol–water partition coefficient (Wildman–Crippen LogP) is 5.88. The Morgan fingerprint density at radius 2 is 1.70 bits per heavy atom. The number of carbonyl (C=O) groups excluding carboxylic acids is 1. The van der Waals surface area contributed by atoms with E-state index in [9.17, 15) is 4.79 Å². The molecule has 1 N–H and O–H groups in total. The van der Waals surface area contributed by atoms with Gasteiger partial charge in [-0.15, -0.1) is 0 Å². The van der Waals surface area contributed by atoms with E-state index in [0.29, 0.717) is 18.0 Å². The Labute approximate surface area is 190 Å². The number of ether oxygens (including phenoxy) is 1. The van der Waals surface area contributed by atoms with Gasteiger partial charge in [-0.2, -0.15) is 5.10 Å². The van der Waals surface area contributed by atoms with E-state index < -0.39 is 0 Å². The third-order valence-corrected chi connectivity index (χ3v) is 5.29. The van der Waals surface area contributed by atoms with Crippen LogP contribution in [-0.4, -0.2) is 15.7 Å². The number of hydrogen-bond acceptors (Lipinski definition) is 4. The Morgan fingerprint density at radius 1 is 1.00 bits per heavy atom. The maximum absolute atomic E-state index is 12.5. The Bertz CT molecular complexity index is 1140. The molecular weight excluding hydrogens is 514 g/mol. The van der Waals surface area contributed by atoms with Crippen LogP contribution in [0.5, 0.6) is 5.75 Å². The van der Waals surface area contributed by atoms with Gasteiger partial charge in [-0.1, -0.05) is 44.0 Å². The van der Waals surface area contributed by atoms with E-state index in [1.54, 1.807) is 29.2 Å². The minimum absolute atomic E-state index is 0.213. The van der Waals surface area contributed by atoms with E-state index in [0.717, 1.165) is 20.3 Å². The van der Waals surface area contributed by atoms with Crippen LogP contribution in [0.15, 0.2) is 86.4 Å². The molecule has 6 nitrogen and oxygen atoms in total. The van der Waals surface area contributed by atoms with Gasteiger partial charge in [-0.3, -0.25) is 9.48 Å². The molecule has 0 aliphatic carbocycles. The number of amides is 1. The average Bonchev–Trinajstić information content (AvgIpc) is 3.39. The number of aromatic nitrogens is 2. The molecule has 2 aromatic heterocycles. The van der Waals surface area contributed by atoms with Gasteiger partial charge in [-0.05, 0) is 54.1 Å². The first-order valence-corrected chi connectivity index (χ1v) is 10.7. The van der Waals surface area contributed by atoms with Gasteiger partial charge in [0.2, 0.25) is 0 Å². The molecule has 0 unspecified atom stereocenters. The van der Waals surface area contributed by atoms with Crippen molar-refractivity contribution in [2.75, 3.05) is 5.32 Å². The van der Waals surface area contributed by atoms with Crippen LogP contribution in [0.4, 0.5) is 5.69 Å². The summed E-state index contributed by atoms with van der Waals surface area (Å²) >= 11 is 6.80. The fourth-order valence-electron chi connectivity index (χ4n) is 2.75. The highest BCUT2D eigenvalue weighted by atomic mass is 79.9. The molecule has 0 aliphatic rings. The zero-order valence-electron chi connectivity index (χ0n) is 15.7. The summed E-state index contributed by atoms with van der Waals surface area (Å²) in [4.78, 5) is 12.5. The Balaban J connectivity index is 1.32. The summed E-state index contributed by atoms with van der Waals surface area (Å²) < 4.78 is 15.0. The van der Waals surface area contributed by atoms with Crippen LogP contribution in [-0.2, 0) is 13.2 Å². The molecule has 1 amide bonds. The molecule has 30 heavy (non-hydrogen) atoms. The van der Waals surface area contributed by atoms with E-state index in [1.165, 1.54) is 0 Å². The molecule has 0 fully saturated rings. The van der Waals surface area contributed by atoms with Crippen molar-refractivity contribution in [3.63, 3.8) is 0 Å². The van der Waals surface area contributed by atoms with E-state index in [2.05, 4.69) is 42.3 Å². The fraction of sp³-hybridized carbons (Fsp3) is 0.0909. The summed E-state index contributed by atoms with van der Waals surface area (Å²) in [6, 6.07) is 18.9. The second-order valence-electron chi connectivity index (χ2n) is 6.52. The van der Waals surface area contributed by atoms with Crippen LogP contribution < -0.4 is 10.1 Å². The van der Waals surface area contributed by atoms with Gasteiger partial charge in [0.25, 0.3) is 5.91 Å². The maximum Gasteiger partial charge on any atom is 0.291 e. The molecule has 4 aromatic rings. The molecule has 0 saturated carbocycles. The highest BCUT2D eigenvalue weighted by Crippen LogP contribution is 2.19. The fourth-order valence-corrected chi connectivity index (χ4v) is 3.28. The number of anilines is 1. The van der Waals surface area contributed by atoms with Crippen LogP contribution in [0, 0.1) is 0 Å². The SMILES string of the molecule is O=C(Nc1cnn(Cc2ccc(Br)cc2)c1)c1ccc(COc2ccc(Br)cc2)o1. The second kappa shape index (κ2) is 9.32. The minimum atomic E-state index is -0.340. The summed E-state index contributed by atoms with van der Waals surface area (Å²) in [5.74, 6) is 1.16. The lowest BCUT2D eigenvalue weighted by atomic mass is 10.2. The van der Waals surface area contributed by atoms with Crippen molar-refractivity contribution in [3.05, 3.63) is 99.1 Å². The van der Waals surface area contributed by atoms with E-state index in [1.807, 2.05) is 48.5 Å². The van der Waals surface area contributed by atoms with Crippen LogP contribution in [0.1, 0.15) is 21.9 Å². The molecule has 0 atom stereocenters. The first-order chi connectivity index (χ1) is 14.5. The number of furan rings is 1. The van der Waals surface area contributed by atoms with Crippen molar-refractivity contribution in [2.45, 2.75) is 13.2 Å². The highest BCUT2D eigenvalue weighted by Gasteiger charge is 2.13. The van der Waals surface area contributed by atoms with Crippen LogP contribution in [0.25, 0.3) is 0 Å². The third kappa shape index (κ3) is 5.40. The summed E-state index contributed by atoms with van der Waals surface area (Å²) in [6.07, 6.45) is 3.39. The maximum atomic E-state index is 12.5. The number of halogens is 2. The normalized spacial score (nSPS) is 10.7. The summed E-state index contributed by atoms with van der Waals surface area (Å²) in [5.41, 5.74) is 1.71. The minimum Gasteiger partial charge on any atom is -0.486 e. The number of carbonyl (C=O) groups is 1. The highest BCUT2D eigenvalue weighted by molar-refractivity contribution is 9.10. The molecule has 0 bridgehead atoms. The van der Waals surface area contributed by atoms with Crippen molar-refractivity contribution in [2.24, 2.45) is 0 Å². The Hall–Kier alpha value is -2.84. The molecule has 0 aliphatic heterocycles. The zero-order valence-corrected chi connectivity index (χ0v) is 18.9. The lowest BCUT2D eigenvalue weighted by Gasteiger charge is -2.04.